The maximum atomic E-state index is 13.3. The van der Waals surface area contributed by atoms with E-state index in [1.165, 1.54) is 35.3 Å². The van der Waals surface area contributed by atoms with Gasteiger partial charge in [-0.05, 0) is 66.6 Å². The standard InChI is InChI=1S/C25H24N2O3S/c1-29-20-8-10-21(11-9-20)30-13-12-27-16-26-24-23(25(27)28)22(15-31-24)19-7-6-17-4-2-3-5-18(17)14-19/h6-11,14-16H,2-5,12-13H2,1H3. The van der Waals surface area contributed by atoms with Crippen LogP contribution >= 0.6 is 11.3 Å². The van der Waals surface area contributed by atoms with Crippen molar-refractivity contribution in [1.82, 2.24) is 9.55 Å². The summed E-state index contributed by atoms with van der Waals surface area (Å²) in [4.78, 5) is 18.6. The third-order valence-corrected chi connectivity index (χ3v) is 6.77. The van der Waals surface area contributed by atoms with E-state index in [1.807, 2.05) is 24.3 Å². The van der Waals surface area contributed by atoms with Gasteiger partial charge in [-0.15, -0.1) is 11.3 Å². The molecule has 0 saturated carbocycles. The number of rotatable bonds is 6. The molecule has 5 nitrogen and oxygen atoms in total. The predicted octanol–water partition coefficient (Wildman–Crippen LogP) is 5.09. The number of fused-ring (bicyclic) bond motifs is 2. The van der Waals surface area contributed by atoms with E-state index in [-0.39, 0.29) is 5.56 Å². The minimum atomic E-state index is -0.0164. The molecule has 6 heteroatoms. The van der Waals surface area contributed by atoms with Gasteiger partial charge in [0.2, 0.25) is 0 Å². The molecule has 2 aromatic carbocycles. The van der Waals surface area contributed by atoms with Gasteiger partial charge < -0.3 is 9.47 Å². The largest absolute Gasteiger partial charge is 0.497 e. The minimum Gasteiger partial charge on any atom is -0.497 e. The van der Waals surface area contributed by atoms with Crippen LogP contribution in [0.25, 0.3) is 21.3 Å². The lowest BCUT2D eigenvalue weighted by molar-refractivity contribution is 0.295. The topological polar surface area (TPSA) is 53.4 Å². The number of methoxy groups -OCH3 is 1. The molecular weight excluding hydrogens is 408 g/mol. The Morgan fingerprint density at radius 2 is 1.81 bits per heavy atom. The highest BCUT2D eigenvalue weighted by molar-refractivity contribution is 7.17. The number of aryl methyl sites for hydroxylation is 2. The average Bonchev–Trinajstić information content (AvgIpc) is 3.26. The molecule has 31 heavy (non-hydrogen) atoms. The first-order valence-electron chi connectivity index (χ1n) is 10.6. The number of hydrogen-bond acceptors (Lipinski definition) is 5. The Kier molecular flexibility index (Phi) is 5.47. The van der Waals surface area contributed by atoms with Crippen LogP contribution in [-0.2, 0) is 19.4 Å². The van der Waals surface area contributed by atoms with Gasteiger partial charge in [-0.25, -0.2) is 4.98 Å². The Bertz CT molecular complexity index is 1270. The average molecular weight is 433 g/mol. The summed E-state index contributed by atoms with van der Waals surface area (Å²) in [5, 5.41) is 2.76. The molecule has 2 heterocycles. The van der Waals surface area contributed by atoms with E-state index in [9.17, 15) is 4.79 Å². The van der Waals surface area contributed by atoms with E-state index in [2.05, 4.69) is 28.6 Å². The molecule has 0 amide bonds. The van der Waals surface area contributed by atoms with Crippen LogP contribution in [0.1, 0.15) is 24.0 Å². The Hall–Kier alpha value is -3.12. The first-order valence-corrected chi connectivity index (χ1v) is 11.5. The van der Waals surface area contributed by atoms with Crippen molar-refractivity contribution in [3.8, 4) is 22.6 Å². The van der Waals surface area contributed by atoms with Gasteiger partial charge in [0.1, 0.15) is 22.9 Å². The van der Waals surface area contributed by atoms with Crippen molar-refractivity contribution in [2.45, 2.75) is 32.2 Å². The van der Waals surface area contributed by atoms with Gasteiger partial charge in [0, 0.05) is 10.9 Å². The highest BCUT2D eigenvalue weighted by atomic mass is 32.1. The molecule has 0 unspecified atom stereocenters. The first kappa shape index (κ1) is 19.8. The molecule has 5 rings (SSSR count). The predicted molar refractivity (Wildman–Crippen MR) is 124 cm³/mol. The summed E-state index contributed by atoms with van der Waals surface area (Å²) in [6.45, 7) is 0.824. The molecule has 0 spiro atoms. The van der Waals surface area contributed by atoms with E-state index >= 15 is 0 Å². The molecule has 0 radical (unpaired) electrons. The molecule has 0 N–H and O–H groups in total. The van der Waals surface area contributed by atoms with Crippen LogP contribution < -0.4 is 15.0 Å². The number of hydrogen-bond donors (Lipinski definition) is 0. The van der Waals surface area contributed by atoms with E-state index in [1.54, 1.807) is 18.0 Å². The summed E-state index contributed by atoms with van der Waals surface area (Å²) >= 11 is 1.53. The quantitative estimate of drug-likeness (QED) is 0.426. The van der Waals surface area contributed by atoms with Crippen molar-refractivity contribution >= 4 is 21.6 Å². The molecule has 1 aliphatic rings. The fourth-order valence-electron chi connectivity index (χ4n) is 4.17. The van der Waals surface area contributed by atoms with Crippen molar-refractivity contribution in [3.63, 3.8) is 0 Å². The lowest BCUT2D eigenvalue weighted by atomic mass is 9.89. The highest BCUT2D eigenvalue weighted by Crippen LogP contribution is 2.33. The Balaban J connectivity index is 1.39. The third-order valence-electron chi connectivity index (χ3n) is 5.88. The van der Waals surface area contributed by atoms with Gasteiger partial charge in [-0.3, -0.25) is 9.36 Å². The van der Waals surface area contributed by atoms with E-state index in [4.69, 9.17) is 9.47 Å². The molecule has 158 valence electrons. The highest BCUT2D eigenvalue weighted by Gasteiger charge is 2.16. The monoisotopic (exact) mass is 432 g/mol. The SMILES string of the molecule is COc1ccc(OCCn2cnc3scc(-c4ccc5c(c4)CCCC5)c3c2=O)cc1. The van der Waals surface area contributed by atoms with Crippen LogP contribution in [0.3, 0.4) is 0 Å². The number of nitrogens with zero attached hydrogens (tertiary/aromatic N) is 2. The molecule has 1 aliphatic carbocycles. The molecule has 0 bridgehead atoms. The second kappa shape index (κ2) is 8.55. The van der Waals surface area contributed by atoms with Gasteiger partial charge in [0.25, 0.3) is 5.56 Å². The number of ether oxygens (including phenoxy) is 2. The van der Waals surface area contributed by atoms with E-state index in [0.717, 1.165) is 40.3 Å². The van der Waals surface area contributed by atoms with Gasteiger partial charge in [-0.2, -0.15) is 0 Å². The molecule has 0 saturated heterocycles. The smallest absolute Gasteiger partial charge is 0.262 e. The maximum absolute atomic E-state index is 13.3. The summed E-state index contributed by atoms with van der Waals surface area (Å²) in [6.07, 6.45) is 6.40. The zero-order valence-corrected chi connectivity index (χ0v) is 18.3. The van der Waals surface area contributed by atoms with Crippen LogP contribution in [0.5, 0.6) is 11.5 Å². The van der Waals surface area contributed by atoms with Gasteiger partial charge >= 0.3 is 0 Å². The summed E-state index contributed by atoms with van der Waals surface area (Å²) in [6, 6.07) is 14.1. The maximum Gasteiger partial charge on any atom is 0.262 e. The molecule has 2 aromatic heterocycles. The molecular formula is C25H24N2O3S. The second-order valence-electron chi connectivity index (χ2n) is 7.79. The van der Waals surface area contributed by atoms with Crippen molar-refractivity contribution < 1.29 is 9.47 Å². The van der Waals surface area contributed by atoms with Gasteiger partial charge in [-0.1, -0.05) is 18.2 Å². The molecule has 4 aromatic rings. The first-order chi connectivity index (χ1) is 15.2. The Morgan fingerprint density at radius 1 is 1.03 bits per heavy atom. The Labute approximate surface area is 184 Å². The zero-order valence-electron chi connectivity index (χ0n) is 17.5. The van der Waals surface area contributed by atoms with Crippen molar-refractivity contribution in [2.75, 3.05) is 13.7 Å². The minimum absolute atomic E-state index is 0.0164. The Morgan fingerprint density at radius 3 is 2.61 bits per heavy atom. The summed E-state index contributed by atoms with van der Waals surface area (Å²) in [5.41, 5.74) is 4.94. The van der Waals surface area contributed by atoms with Crippen LogP contribution in [0, 0.1) is 0 Å². The van der Waals surface area contributed by atoms with Crippen LogP contribution in [0.4, 0.5) is 0 Å². The molecule has 0 fully saturated rings. The lowest BCUT2D eigenvalue weighted by Crippen LogP contribution is -2.23. The molecule has 0 atom stereocenters. The normalized spacial score (nSPS) is 13.2. The van der Waals surface area contributed by atoms with Crippen LogP contribution in [0.2, 0.25) is 0 Å². The van der Waals surface area contributed by atoms with Crippen molar-refractivity contribution in [1.29, 1.82) is 0 Å². The lowest BCUT2D eigenvalue weighted by Gasteiger charge is -2.16. The summed E-state index contributed by atoms with van der Waals surface area (Å²) in [7, 11) is 1.63. The number of benzene rings is 2. The fourth-order valence-corrected chi connectivity index (χ4v) is 5.08. The zero-order chi connectivity index (χ0) is 21.2. The van der Waals surface area contributed by atoms with Gasteiger partial charge in [0.05, 0.1) is 25.4 Å². The fraction of sp³-hybridized carbons (Fsp3) is 0.280. The number of thiophene rings is 1. The van der Waals surface area contributed by atoms with Crippen LogP contribution in [0.15, 0.2) is 59.0 Å². The number of aromatic nitrogens is 2. The van der Waals surface area contributed by atoms with E-state index in [0.29, 0.717) is 18.5 Å². The second-order valence-corrected chi connectivity index (χ2v) is 8.65. The summed E-state index contributed by atoms with van der Waals surface area (Å²) < 4.78 is 12.6. The van der Waals surface area contributed by atoms with Gasteiger partial charge in [0.15, 0.2) is 0 Å². The third kappa shape index (κ3) is 3.95. The van der Waals surface area contributed by atoms with Crippen molar-refractivity contribution in [3.05, 3.63) is 75.7 Å². The molecule has 0 aliphatic heterocycles. The van der Waals surface area contributed by atoms with Crippen LogP contribution in [-0.4, -0.2) is 23.3 Å². The summed E-state index contributed by atoms with van der Waals surface area (Å²) in [5.74, 6) is 1.53. The van der Waals surface area contributed by atoms with E-state index < -0.39 is 0 Å². The van der Waals surface area contributed by atoms with Crippen molar-refractivity contribution in [2.24, 2.45) is 0 Å².